The van der Waals surface area contributed by atoms with Crippen LogP contribution < -0.4 is 4.72 Å². The Balaban J connectivity index is 2.60. The van der Waals surface area contributed by atoms with E-state index in [1.807, 2.05) is 0 Å². The van der Waals surface area contributed by atoms with Crippen molar-refractivity contribution < 1.29 is 8.42 Å². The summed E-state index contributed by atoms with van der Waals surface area (Å²) in [5.74, 6) is 2.37. The number of nitrogens with one attached hydrogen (secondary N) is 1. The van der Waals surface area contributed by atoms with Gasteiger partial charge in [0.25, 0.3) is 0 Å². The van der Waals surface area contributed by atoms with Crippen molar-refractivity contribution >= 4 is 10.0 Å². The smallest absolute Gasteiger partial charge is 0.212 e. The van der Waals surface area contributed by atoms with Gasteiger partial charge in [-0.3, -0.25) is 0 Å². The molecule has 4 heteroatoms. The quantitative estimate of drug-likeness (QED) is 0.720. The summed E-state index contributed by atoms with van der Waals surface area (Å²) in [6, 6.07) is -0.401. The van der Waals surface area contributed by atoms with Crippen LogP contribution in [0.1, 0.15) is 39.0 Å². The first-order chi connectivity index (χ1) is 6.56. The second kappa shape index (κ2) is 4.81. The zero-order valence-electron chi connectivity index (χ0n) is 8.49. The van der Waals surface area contributed by atoms with Crippen molar-refractivity contribution in [2.75, 3.05) is 0 Å². The lowest BCUT2D eigenvalue weighted by Crippen LogP contribution is -2.39. The normalized spacial score (nSPS) is 21.4. The summed E-state index contributed by atoms with van der Waals surface area (Å²) < 4.78 is 26.0. The molecule has 0 spiro atoms. The molecule has 1 rings (SSSR count). The minimum absolute atomic E-state index is 0.230. The molecule has 14 heavy (non-hydrogen) atoms. The number of rotatable bonds is 3. The average Bonchev–Trinajstić information content (AvgIpc) is 2.18. The van der Waals surface area contributed by atoms with Gasteiger partial charge in [-0.2, -0.15) is 0 Å². The van der Waals surface area contributed by atoms with E-state index in [0.29, 0.717) is 0 Å². The first-order valence-corrected chi connectivity index (χ1v) is 6.58. The van der Waals surface area contributed by atoms with E-state index in [1.54, 1.807) is 6.92 Å². The van der Waals surface area contributed by atoms with Crippen LogP contribution in [0.4, 0.5) is 0 Å². The minimum atomic E-state index is -3.19. The Morgan fingerprint density at radius 1 is 1.36 bits per heavy atom. The molecule has 0 aromatic rings. The predicted molar refractivity (Wildman–Crippen MR) is 57.2 cm³/mol. The topological polar surface area (TPSA) is 46.2 Å². The highest BCUT2D eigenvalue weighted by atomic mass is 32.2. The van der Waals surface area contributed by atoms with Gasteiger partial charge in [0.1, 0.15) is 0 Å². The lowest BCUT2D eigenvalue weighted by atomic mass is 10.0. The molecule has 1 aliphatic carbocycles. The van der Waals surface area contributed by atoms with E-state index < -0.39 is 16.1 Å². The van der Waals surface area contributed by atoms with Gasteiger partial charge in [-0.05, 0) is 19.8 Å². The monoisotopic (exact) mass is 215 g/mol. The molecule has 0 heterocycles. The van der Waals surface area contributed by atoms with Crippen LogP contribution in [0.3, 0.4) is 0 Å². The van der Waals surface area contributed by atoms with Crippen molar-refractivity contribution in [1.82, 2.24) is 4.72 Å². The fourth-order valence-electron chi connectivity index (χ4n) is 1.75. The van der Waals surface area contributed by atoms with E-state index >= 15 is 0 Å². The number of hydrogen-bond donors (Lipinski definition) is 1. The highest BCUT2D eigenvalue weighted by Gasteiger charge is 2.27. The van der Waals surface area contributed by atoms with Crippen molar-refractivity contribution in [2.24, 2.45) is 0 Å². The van der Waals surface area contributed by atoms with Gasteiger partial charge < -0.3 is 0 Å². The first kappa shape index (κ1) is 11.5. The first-order valence-electron chi connectivity index (χ1n) is 5.03. The van der Waals surface area contributed by atoms with Gasteiger partial charge in [0, 0.05) is 0 Å². The number of terminal acetylenes is 1. The molecule has 0 bridgehead atoms. The van der Waals surface area contributed by atoms with Crippen molar-refractivity contribution in [1.29, 1.82) is 0 Å². The maximum atomic E-state index is 11.7. The van der Waals surface area contributed by atoms with Gasteiger partial charge in [-0.15, -0.1) is 6.42 Å². The molecule has 1 unspecified atom stereocenters. The third kappa shape index (κ3) is 3.00. The summed E-state index contributed by atoms with van der Waals surface area (Å²) in [6.07, 6.45) is 9.84. The second-order valence-corrected chi connectivity index (χ2v) is 5.80. The van der Waals surface area contributed by atoms with Crippen LogP contribution in [0.2, 0.25) is 0 Å². The van der Waals surface area contributed by atoms with Crippen molar-refractivity contribution in [2.45, 2.75) is 50.3 Å². The van der Waals surface area contributed by atoms with Crippen LogP contribution in [0, 0.1) is 12.3 Å². The highest BCUT2D eigenvalue weighted by molar-refractivity contribution is 7.90. The molecule has 3 nitrogen and oxygen atoms in total. The third-order valence-electron chi connectivity index (χ3n) is 2.58. The van der Waals surface area contributed by atoms with E-state index in [4.69, 9.17) is 6.42 Å². The molecule has 0 saturated heterocycles. The summed E-state index contributed by atoms with van der Waals surface area (Å²) in [7, 11) is -3.19. The van der Waals surface area contributed by atoms with E-state index in [-0.39, 0.29) is 5.25 Å². The van der Waals surface area contributed by atoms with Gasteiger partial charge >= 0.3 is 0 Å². The standard InChI is InChI=1S/C10H17NO2S/c1-3-9(2)11-14(12,13)10-7-5-4-6-8-10/h1,9-11H,4-8H2,2H3. The van der Waals surface area contributed by atoms with E-state index in [1.165, 1.54) is 0 Å². The molecule has 80 valence electrons. The van der Waals surface area contributed by atoms with Crippen LogP contribution in [0.25, 0.3) is 0 Å². The molecule has 0 aromatic carbocycles. The van der Waals surface area contributed by atoms with Crippen molar-refractivity contribution in [3.8, 4) is 12.3 Å². The zero-order valence-corrected chi connectivity index (χ0v) is 9.31. The Morgan fingerprint density at radius 2 is 1.93 bits per heavy atom. The lowest BCUT2D eigenvalue weighted by Gasteiger charge is -2.22. The summed E-state index contributed by atoms with van der Waals surface area (Å²) in [6.45, 7) is 1.68. The molecule has 1 atom stereocenters. The molecule has 1 aliphatic rings. The molecule has 0 amide bonds. The molecule has 1 fully saturated rings. The average molecular weight is 215 g/mol. The van der Waals surface area contributed by atoms with Gasteiger partial charge in [0.15, 0.2) is 0 Å². The largest absolute Gasteiger partial charge is 0.215 e. The molecule has 1 N–H and O–H groups in total. The molecular formula is C10H17NO2S. The second-order valence-electron chi connectivity index (χ2n) is 3.81. The van der Waals surface area contributed by atoms with Crippen LogP contribution in [-0.4, -0.2) is 19.7 Å². The number of hydrogen-bond acceptors (Lipinski definition) is 2. The van der Waals surface area contributed by atoms with E-state index in [9.17, 15) is 8.42 Å². The molecule has 0 radical (unpaired) electrons. The summed E-state index contributed by atoms with van der Waals surface area (Å²) >= 11 is 0. The van der Waals surface area contributed by atoms with Crippen molar-refractivity contribution in [3.05, 3.63) is 0 Å². The van der Waals surface area contributed by atoms with Gasteiger partial charge in [0.2, 0.25) is 10.0 Å². The Hall–Kier alpha value is -0.530. The maximum Gasteiger partial charge on any atom is 0.215 e. The number of sulfonamides is 1. The Morgan fingerprint density at radius 3 is 2.43 bits per heavy atom. The van der Waals surface area contributed by atoms with Crippen LogP contribution in [-0.2, 0) is 10.0 Å². The maximum absolute atomic E-state index is 11.7. The van der Waals surface area contributed by atoms with E-state index in [0.717, 1.165) is 32.1 Å². The molecule has 1 saturated carbocycles. The third-order valence-corrected chi connectivity index (χ3v) is 4.61. The fourth-order valence-corrected chi connectivity index (χ4v) is 3.46. The predicted octanol–water partition coefficient (Wildman–Crippen LogP) is 1.26. The zero-order chi connectivity index (χ0) is 10.6. The van der Waals surface area contributed by atoms with Gasteiger partial charge in [0.05, 0.1) is 11.3 Å². The molecule has 0 aromatic heterocycles. The minimum Gasteiger partial charge on any atom is -0.212 e. The van der Waals surface area contributed by atoms with Crippen LogP contribution in [0.15, 0.2) is 0 Å². The summed E-state index contributed by atoms with van der Waals surface area (Å²) in [5.41, 5.74) is 0. The van der Waals surface area contributed by atoms with Crippen LogP contribution >= 0.6 is 0 Å². The summed E-state index contributed by atoms with van der Waals surface area (Å²) in [4.78, 5) is 0. The lowest BCUT2D eigenvalue weighted by molar-refractivity contribution is 0.476. The Labute approximate surface area is 86.3 Å². The Kier molecular flexibility index (Phi) is 3.97. The van der Waals surface area contributed by atoms with Crippen molar-refractivity contribution in [3.63, 3.8) is 0 Å². The van der Waals surface area contributed by atoms with Crippen LogP contribution in [0.5, 0.6) is 0 Å². The fraction of sp³-hybridized carbons (Fsp3) is 0.800. The van der Waals surface area contributed by atoms with Gasteiger partial charge in [-0.25, -0.2) is 13.1 Å². The molecule has 0 aliphatic heterocycles. The molecular weight excluding hydrogens is 198 g/mol. The Bertz CT molecular complexity index is 310. The highest BCUT2D eigenvalue weighted by Crippen LogP contribution is 2.23. The SMILES string of the molecule is C#CC(C)NS(=O)(=O)C1CCCCC1. The van der Waals surface area contributed by atoms with Gasteiger partial charge in [-0.1, -0.05) is 25.2 Å². The summed E-state index contributed by atoms with van der Waals surface area (Å²) in [5, 5.41) is -0.230. The van der Waals surface area contributed by atoms with E-state index in [2.05, 4.69) is 10.6 Å².